The quantitative estimate of drug-likeness (QED) is 0.878. The predicted octanol–water partition coefficient (Wildman–Crippen LogP) is 1.66. The summed E-state index contributed by atoms with van der Waals surface area (Å²) in [6.45, 7) is 4.98. The van der Waals surface area contributed by atoms with Crippen LogP contribution in [0.25, 0.3) is 0 Å². The average Bonchev–Trinajstić information content (AvgIpc) is 3.00. The van der Waals surface area contributed by atoms with E-state index in [1.807, 2.05) is 7.05 Å². The van der Waals surface area contributed by atoms with Crippen molar-refractivity contribution in [2.75, 3.05) is 13.1 Å². The molecule has 1 saturated carbocycles. The fraction of sp³-hybridized carbons (Fsp3) is 0.824. The number of nitrogens with one attached hydrogen (secondary N) is 2. The zero-order valence-corrected chi connectivity index (χ0v) is 14.9. The molecule has 0 atom stereocenters. The molecular weight excluding hydrogens is 304 g/mol. The topological polar surface area (TPSA) is 75.1 Å². The van der Waals surface area contributed by atoms with Crippen LogP contribution in [-0.2, 0) is 13.6 Å². The average molecular weight is 334 g/mol. The molecule has 0 radical (unpaired) electrons. The fourth-order valence-corrected chi connectivity index (χ4v) is 3.89. The van der Waals surface area contributed by atoms with Gasteiger partial charge < -0.3 is 15.5 Å². The van der Waals surface area contributed by atoms with Gasteiger partial charge in [0.25, 0.3) is 0 Å². The number of piperidine rings is 1. The molecule has 0 bridgehead atoms. The number of urea groups is 1. The third kappa shape index (κ3) is 4.47. The highest BCUT2D eigenvalue weighted by Crippen LogP contribution is 2.28. The van der Waals surface area contributed by atoms with Gasteiger partial charge in [-0.25, -0.2) is 9.78 Å². The van der Waals surface area contributed by atoms with Gasteiger partial charge in [0, 0.05) is 32.2 Å². The number of carbonyl (C=O) groups is 1. The van der Waals surface area contributed by atoms with Crippen molar-refractivity contribution in [1.29, 1.82) is 0 Å². The molecule has 1 saturated heterocycles. The Morgan fingerprint density at radius 1 is 1.21 bits per heavy atom. The predicted molar refractivity (Wildman–Crippen MR) is 92.4 cm³/mol. The lowest BCUT2D eigenvalue weighted by atomic mass is 9.85. The van der Waals surface area contributed by atoms with Crippen molar-refractivity contribution in [2.24, 2.45) is 13.0 Å². The van der Waals surface area contributed by atoms with Crippen LogP contribution in [0.1, 0.15) is 51.3 Å². The van der Waals surface area contributed by atoms with E-state index in [0.717, 1.165) is 43.7 Å². The van der Waals surface area contributed by atoms with Crippen molar-refractivity contribution in [3.63, 3.8) is 0 Å². The summed E-state index contributed by atoms with van der Waals surface area (Å²) in [5, 5.41) is 9.96. The Bertz CT molecular complexity index is 529. The van der Waals surface area contributed by atoms with Crippen LogP contribution in [0.5, 0.6) is 0 Å². The molecule has 134 valence electrons. The van der Waals surface area contributed by atoms with Crippen molar-refractivity contribution >= 4 is 6.03 Å². The molecule has 0 spiro atoms. The molecule has 7 nitrogen and oxygen atoms in total. The van der Waals surface area contributed by atoms with Gasteiger partial charge in [-0.2, -0.15) is 5.10 Å². The van der Waals surface area contributed by atoms with Gasteiger partial charge in [0.05, 0.1) is 6.54 Å². The smallest absolute Gasteiger partial charge is 0.315 e. The summed E-state index contributed by atoms with van der Waals surface area (Å²) in [6.07, 6.45) is 9.01. The van der Waals surface area contributed by atoms with Gasteiger partial charge in [0.15, 0.2) is 0 Å². The van der Waals surface area contributed by atoms with E-state index < -0.39 is 0 Å². The lowest BCUT2D eigenvalue weighted by Gasteiger charge is -2.40. The zero-order chi connectivity index (χ0) is 16.9. The molecule has 2 heterocycles. The van der Waals surface area contributed by atoms with Gasteiger partial charge in [-0.15, -0.1) is 0 Å². The molecule has 7 heteroatoms. The molecule has 1 aromatic rings. The summed E-state index contributed by atoms with van der Waals surface area (Å²) in [7, 11) is 1.82. The standard InChI is InChI=1S/C17H30N6O/c1-13-3-5-15(6-4-13)23-9-7-14(8-10-23)21-17(24)18-11-16-19-12-20-22(16)2/h12-15H,3-11H2,1-2H3,(H2,18,21,24). The van der Waals surface area contributed by atoms with Gasteiger partial charge in [-0.1, -0.05) is 6.92 Å². The van der Waals surface area contributed by atoms with Crippen molar-refractivity contribution in [2.45, 2.75) is 64.1 Å². The first-order valence-electron chi connectivity index (χ1n) is 9.23. The molecular formula is C17H30N6O. The maximum Gasteiger partial charge on any atom is 0.315 e. The number of nitrogens with zero attached hydrogens (tertiary/aromatic N) is 4. The van der Waals surface area contributed by atoms with Crippen molar-refractivity contribution < 1.29 is 4.79 Å². The van der Waals surface area contributed by atoms with Crippen molar-refractivity contribution in [1.82, 2.24) is 30.3 Å². The number of carbonyl (C=O) groups excluding carboxylic acids is 1. The largest absolute Gasteiger partial charge is 0.335 e. The van der Waals surface area contributed by atoms with E-state index >= 15 is 0 Å². The minimum atomic E-state index is -0.108. The summed E-state index contributed by atoms with van der Waals surface area (Å²) in [5.41, 5.74) is 0. The van der Waals surface area contributed by atoms with Crippen molar-refractivity contribution in [3.8, 4) is 0 Å². The van der Waals surface area contributed by atoms with Gasteiger partial charge in [-0.05, 0) is 44.4 Å². The SMILES string of the molecule is CC1CCC(N2CCC(NC(=O)NCc3ncnn3C)CC2)CC1. The Balaban J connectivity index is 1.36. The van der Waals surface area contributed by atoms with Crippen LogP contribution in [0.4, 0.5) is 4.79 Å². The maximum atomic E-state index is 12.0. The van der Waals surface area contributed by atoms with Gasteiger partial charge in [0.2, 0.25) is 0 Å². The summed E-state index contributed by atoms with van der Waals surface area (Å²) < 4.78 is 1.67. The first-order chi connectivity index (χ1) is 11.6. The normalized spacial score (nSPS) is 26.2. The summed E-state index contributed by atoms with van der Waals surface area (Å²) in [6, 6.07) is 0.943. The lowest BCUT2D eigenvalue weighted by Crippen LogP contribution is -2.50. The fourth-order valence-electron chi connectivity index (χ4n) is 3.89. The van der Waals surface area contributed by atoms with Crippen LogP contribution in [-0.4, -0.2) is 50.9 Å². The van der Waals surface area contributed by atoms with E-state index in [2.05, 4.69) is 32.5 Å². The van der Waals surface area contributed by atoms with Crippen LogP contribution >= 0.6 is 0 Å². The first-order valence-corrected chi connectivity index (χ1v) is 9.23. The second kappa shape index (κ2) is 7.96. The molecule has 1 aromatic heterocycles. The minimum absolute atomic E-state index is 0.108. The molecule has 2 N–H and O–H groups in total. The monoisotopic (exact) mass is 334 g/mol. The number of aromatic nitrogens is 3. The number of amides is 2. The molecule has 0 aromatic carbocycles. The number of likely N-dealkylation sites (tertiary alicyclic amines) is 1. The molecule has 24 heavy (non-hydrogen) atoms. The lowest BCUT2D eigenvalue weighted by molar-refractivity contribution is 0.106. The highest BCUT2D eigenvalue weighted by atomic mass is 16.2. The zero-order valence-electron chi connectivity index (χ0n) is 14.9. The van der Waals surface area contributed by atoms with Gasteiger partial charge >= 0.3 is 6.03 Å². The highest BCUT2D eigenvalue weighted by Gasteiger charge is 2.28. The number of rotatable bonds is 4. The van der Waals surface area contributed by atoms with E-state index in [1.54, 1.807) is 4.68 Å². The second-order valence-electron chi connectivity index (χ2n) is 7.35. The van der Waals surface area contributed by atoms with E-state index in [0.29, 0.717) is 6.54 Å². The molecule has 1 aliphatic carbocycles. The Morgan fingerprint density at radius 2 is 1.92 bits per heavy atom. The summed E-state index contributed by atoms with van der Waals surface area (Å²) >= 11 is 0. The Kier molecular flexibility index (Phi) is 5.71. The molecule has 2 aliphatic rings. The van der Waals surface area contributed by atoms with Gasteiger partial charge in [-0.3, -0.25) is 4.68 Å². The molecule has 2 fully saturated rings. The van der Waals surface area contributed by atoms with Gasteiger partial charge in [0.1, 0.15) is 12.2 Å². The number of aryl methyl sites for hydroxylation is 1. The van der Waals surface area contributed by atoms with Crippen LogP contribution in [0.2, 0.25) is 0 Å². The van der Waals surface area contributed by atoms with E-state index in [1.165, 1.54) is 32.0 Å². The summed E-state index contributed by atoms with van der Waals surface area (Å²) in [5.74, 6) is 1.66. The molecule has 3 rings (SSSR count). The van der Waals surface area contributed by atoms with E-state index in [4.69, 9.17) is 0 Å². The third-order valence-electron chi connectivity index (χ3n) is 5.58. The van der Waals surface area contributed by atoms with Crippen LogP contribution in [0, 0.1) is 5.92 Å². The van der Waals surface area contributed by atoms with Crippen LogP contribution in [0.15, 0.2) is 6.33 Å². The van der Waals surface area contributed by atoms with E-state index in [9.17, 15) is 4.79 Å². The Labute approximate surface area is 144 Å². The molecule has 0 unspecified atom stereocenters. The highest BCUT2D eigenvalue weighted by molar-refractivity contribution is 5.74. The van der Waals surface area contributed by atoms with Crippen LogP contribution < -0.4 is 10.6 Å². The Hall–Kier alpha value is -1.63. The van der Waals surface area contributed by atoms with Crippen molar-refractivity contribution in [3.05, 3.63) is 12.2 Å². The van der Waals surface area contributed by atoms with E-state index in [-0.39, 0.29) is 12.1 Å². The molecule has 1 aliphatic heterocycles. The maximum absolute atomic E-state index is 12.0. The minimum Gasteiger partial charge on any atom is -0.335 e. The Morgan fingerprint density at radius 3 is 2.54 bits per heavy atom. The summed E-state index contributed by atoms with van der Waals surface area (Å²) in [4.78, 5) is 18.8. The second-order valence-corrected chi connectivity index (χ2v) is 7.35. The number of hydrogen-bond donors (Lipinski definition) is 2. The third-order valence-corrected chi connectivity index (χ3v) is 5.58. The first kappa shape index (κ1) is 17.2. The molecule has 2 amide bonds. The van der Waals surface area contributed by atoms with Crippen LogP contribution in [0.3, 0.4) is 0 Å². The number of hydrogen-bond acceptors (Lipinski definition) is 4.